The first kappa shape index (κ1) is 21.6. The van der Waals surface area contributed by atoms with Crippen molar-refractivity contribution in [3.05, 3.63) is 60.1 Å². The van der Waals surface area contributed by atoms with Gasteiger partial charge in [-0.2, -0.15) is 0 Å². The van der Waals surface area contributed by atoms with Crippen LogP contribution in [0.4, 0.5) is 10.3 Å². The molecule has 4 rings (SSSR count). The summed E-state index contributed by atoms with van der Waals surface area (Å²) in [6, 6.07) is 9.20. The van der Waals surface area contributed by atoms with Crippen molar-refractivity contribution in [2.45, 2.75) is 13.3 Å². The van der Waals surface area contributed by atoms with Gasteiger partial charge in [0.25, 0.3) is 0 Å². The van der Waals surface area contributed by atoms with Gasteiger partial charge in [0, 0.05) is 12.2 Å². The van der Waals surface area contributed by atoms with Crippen LogP contribution in [0, 0.1) is 12.7 Å². The summed E-state index contributed by atoms with van der Waals surface area (Å²) in [5.41, 5.74) is 0.636. The number of halogens is 1. The molecule has 3 aromatic heterocycles. The third-order valence-corrected chi connectivity index (χ3v) is 5.25. The number of para-hydroxylation sites is 1. The molecule has 0 amide bonds. The number of aromatic nitrogens is 5. The highest BCUT2D eigenvalue weighted by atomic mass is 32.2. The summed E-state index contributed by atoms with van der Waals surface area (Å²) in [5, 5.41) is 8.65. The number of furan rings is 1. The lowest BCUT2D eigenvalue weighted by Gasteiger charge is -2.16. The zero-order chi connectivity index (χ0) is 22.5. The van der Waals surface area contributed by atoms with Crippen LogP contribution < -0.4 is 14.2 Å². The quantitative estimate of drug-likeness (QED) is 0.295. The fraction of sp³-hybridized carbons (Fsp3) is 0.238. The third kappa shape index (κ3) is 4.52. The number of hydrogen-bond donors (Lipinski definition) is 1. The number of anilines is 1. The smallest absolute Gasteiger partial charge is 0.239 e. The molecule has 32 heavy (non-hydrogen) atoms. The molecule has 166 valence electrons. The van der Waals surface area contributed by atoms with Crippen LogP contribution in [0.5, 0.6) is 11.5 Å². The Morgan fingerprint density at radius 1 is 1.06 bits per heavy atom. The number of nitrogens with zero attached hydrogens (tertiary/aromatic N) is 5. The van der Waals surface area contributed by atoms with Crippen LogP contribution in [-0.2, 0) is 6.42 Å². The molecule has 9 nitrogen and oxygen atoms in total. The third-order valence-electron chi connectivity index (χ3n) is 4.51. The molecule has 1 aromatic carbocycles. The van der Waals surface area contributed by atoms with Gasteiger partial charge in [-0.1, -0.05) is 6.07 Å². The molecular weight excluding hydrogens is 435 g/mol. The fourth-order valence-corrected chi connectivity index (χ4v) is 3.70. The van der Waals surface area contributed by atoms with Gasteiger partial charge in [-0.05, 0) is 43.1 Å². The predicted octanol–water partition coefficient (Wildman–Crippen LogP) is 4.08. The molecule has 0 spiro atoms. The Kier molecular flexibility index (Phi) is 6.55. The first-order valence-electron chi connectivity index (χ1n) is 9.68. The number of benzene rings is 1. The molecule has 3 heterocycles. The monoisotopic (exact) mass is 456 g/mol. The minimum absolute atomic E-state index is 0.459. The van der Waals surface area contributed by atoms with Gasteiger partial charge in [0.1, 0.15) is 28.8 Å². The van der Waals surface area contributed by atoms with Crippen molar-refractivity contribution < 1.29 is 18.3 Å². The summed E-state index contributed by atoms with van der Waals surface area (Å²) in [6.45, 7) is 1.86. The van der Waals surface area contributed by atoms with E-state index in [-0.39, 0.29) is 0 Å². The lowest BCUT2D eigenvalue weighted by atomic mass is 10.2. The van der Waals surface area contributed by atoms with Crippen LogP contribution in [0.2, 0.25) is 0 Å². The largest absolute Gasteiger partial charge is 0.494 e. The highest BCUT2D eigenvalue weighted by molar-refractivity contribution is 8.00. The molecule has 0 atom stereocenters. The van der Waals surface area contributed by atoms with Gasteiger partial charge in [-0.15, -0.1) is 10.2 Å². The van der Waals surface area contributed by atoms with E-state index in [1.807, 2.05) is 37.3 Å². The molecule has 4 aromatic rings. The highest BCUT2D eigenvalue weighted by Gasteiger charge is 2.24. The molecule has 0 saturated carbocycles. The molecule has 0 unspecified atom stereocenters. The summed E-state index contributed by atoms with van der Waals surface area (Å²) in [7, 11) is 3.17. The fourth-order valence-electron chi connectivity index (χ4n) is 3.05. The number of hydrogen-bond acceptors (Lipinski definition) is 9. The summed E-state index contributed by atoms with van der Waals surface area (Å²) >= 11 is 1.40. The van der Waals surface area contributed by atoms with E-state index in [0.29, 0.717) is 52.7 Å². The second kappa shape index (κ2) is 9.69. The molecule has 0 aliphatic rings. The molecule has 0 saturated heterocycles. The van der Waals surface area contributed by atoms with Crippen molar-refractivity contribution in [2.24, 2.45) is 0 Å². The molecule has 0 bridgehead atoms. The summed E-state index contributed by atoms with van der Waals surface area (Å²) in [5.74, 6) is 4.15. The van der Waals surface area contributed by atoms with Gasteiger partial charge in [0.2, 0.25) is 11.8 Å². The maximum absolute atomic E-state index is 13.0. The minimum atomic E-state index is -0.459. The summed E-state index contributed by atoms with van der Waals surface area (Å²) in [6.07, 6.45) is 2.86. The van der Waals surface area contributed by atoms with Crippen LogP contribution in [0.15, 0.2) is 47.1 Å². The number of rotatable bonds is 9. The first-order chi connectivity index (χ1) is 15.6. The molecule has 1 N–H and O–H groups in total. The van der Waals surface area contributed by atoms with Crippen molar-refractivity contribution in [3.8, 4) is 28.8 Å². The van der Waals surface area contributed by atoms with E-state index in [4.69, 9.17) is 13.9 Å². The SMILES string of the molecule is COc1cccc(OC)c1-n1c(NSCCc2ncc(F)cn2)nnc1-c1ccc(C)o1. The van der Waals surface area contributed by atoms with Gasteiger partial charge in [0.05, 0.1) is 26.6 Å². The van der Waals surface area contributed by atoms with E-state index < -0.39 is 5.82 Å². The van der Waals surface area contributed by atoms with Crippen LogP contribution in [0.1, 0.15) is 11.6 Å². The Hall–Kier alpha value is -3.60. The van der Waals surface area contributed by atoms with Gasteiger partial charge in [0.15, 0.2) is 11.6 Å². The maximum Gasteiger partial charge on any atom is 0.239 e. The first-order valence-corrected chi connectivity index (χ1v) is 10.7. The molecule has 11 heteroatoms. The molecule has 0 aliphatic heterocycles. The number of nitrogens with one attached hydrogen (secondary N) is 1. The summed E-state index contributed by atoms with van der Waals surface area (Å²) in [4.78, 5) is 7.95. The van der Waals surface area contributed by atoms with Crippen LogP contribution in [0.25, 0.3) is 17.3 Å². The van der Waals surface area contributed by atoms with E-state index in [1.54, 1.807) is 18.8 Å². The van der Waals surface area contributed by atoms with Crippen molar-refractivity contribution in [3.63, 3.8) is 0 Å². The second-order valence-corrected chi connectivity index (χ2v) is 7.52. The van der Waals surface area contributed by atoms with Gasteiger partial charge in [-0.3, -0.25) is 9.29 Å². The van der Waals surface area contributed by atoms with Gasteiger partial charge in [-0.25, -0.2) is 14.4 Å². The molecule has 0 aliphatic carbocycles. The normalized spacial score (nSPS) is 10.9. The lowest BCUT2D eigenvalue weighted by molar-refractivity contribution is 0.391. The average molecular weight is 457 g/mol. The zero-order valence-corrected chi connectivity index (χ0v) is 18.5. The van der Waals surface area contributed by atoms with Crippen LogP contribution >= 0.6 is 11.9 Å². The number of ether oxygens (including phenoxy) is 2. The minimum Gasteiger partial charge on any atom is -0.494 e. The van der Waals surface area contributed by atoms with E-state index in [0.717, 1.165) is 18.2 Å². The van der Waals surface area contributed by atoms with Crippen LogP contribution in [0.3, 0.4) is 0 Å². The zero-order valence-electron chi connectivity index (χ0n) is 17.7. The molecule has 0 fully saturated rings. The molecule has 0 radical (unpaired) electrons. The van der Waals surface area contributed by atoms with Crippen molar-refractivity contribution in [2.75, 3.05) is 24.7 Å². The lowest BCUT2D eigenvalue weighted by Crippen LogP contribution is -2.07. The Morgan fingerprint density at radius 3 is 2.41 bits per heavy atom. The summed E-state index contributed by atoms with van der Waals surface area (Å²) < 4.78 is 35.0. The second-order valence-electron chi connectivity index (χ2n) is 6.62. The number of methoxy groups -OCH3 is 2. The predicted molar refractivity (Wildman–Crippen MR) is 119 cm³/mol. The maximum atomic E-state index is 13.0. The Morgan fingerprint density at radius 2 is 1.78 bits per heavy atom. The van der Waals surface area contributed by atoms with E-state index in [1.165, 1.54) is 11.9 Å². The standard InChI is InChI=1S/C21H21FN6O3S/c1-13-7-8-17(31-13)20-25-26-21(27-32-10-9-18-23-11-14(22)12-24-18)28(20)19-15(29-2)5-4-6-16(19)30-3/h4-8,11-12H,9-10H2,1-3H3,(H,26,27). The average Bonchev–Trinajstić information content (AvgIpc) is 3.43. The Labute approximate surface area is 188 Å². The topological polar surface area (TPSA) is 100 Å². The Balaban J connectivity index is 1.65. The highest BCUT2D eigenvalue weighted by Crippen LogP contribution is 2.38. The number of aryl methyl sites for hydroxylation is 2. The van der Waals surface area contributed by atoms with Gasteiger partial charge >= 0.3 is 0 Å². The van der Waals surface area contributed by atoms with E-state index in [2.05, 4.69) is 24.9 Å². The van der Waals surface area contributed by atoms with Crippen molar-refractivity contribution in [1.82, 2.24) is 24.7 Å². The van der Waals surface area contributed by atoms with E-state index >= 15 is 0 Å². The molecular formula is C21H21FN6O3S. The van der Waals surface area contributed by atoms with Gasteiger partial charge < -0.3 is 13.9 Å². The Bertz CT molecular complexity index is 1170. The van der Waals surface area contributed by atoms with E-state index in [9.17, 15) is 4.39 Å². The van der Waals surface area contributed by atoms with Crippen LogP contribution in [-0.4, -0.2) is 44.7 Å². The van der Waals surface area contributed by atoms with Crippen molar-refractivity contribution >= 4 is 17.9 Å². The van der Waals surface area contributed by atoms with Crippen molar-refractivity contribution in [1.29, 1.82) is 0 Å².